The van der Waals surface area contributed by atoms with Crippen LogP contribution in [0.3, 0.4) is 0 Å². The Labute approximate surface area is 57.6 Å². The van der Waals surface area contributed by atoms with E-state index in [4.69, 9.17) is 11.5 Å². The third-order valence-corrected chi connectivity index (χ3v) is 1.87. The van der Waals surface area contributed by atoms with Crippen LogP contribution in [0.15, 0.2) is 0 Å². The smallest absolute Gasteiger partial charge is 0.0123 e. The highest BCUT2D eigenvalue weighted by atomic mass is 14.7. The average molecular weight is 130 g/mol. The van der Waals surface area contributed by atoms with Crippen LogP contribution in [0, 0.1) is 5.92 Å². The molecule has 56 valence electrons. The first-order chi connectivity index (χ1) is 3.98. The topological polar surface area (TPSA) is 52.0 Å². The lowest BCUT2D eigenvalue weighted by atomic mass is 9.88. The van der Waals surface area contributed by atoms with Gasteiger partial charge in [0.05, 0.1) is 0 Å². The highest BCUT2D eigenvalue weighted by molar-refractivity contribution is 4.78. The van der Waals surface area contributed by atoms with Crippen LogP contribution in [0.2, 0.25) is 0 Å². The zero-order valence-corrected chi connectivity index (χ0v) is 6.65. The van der Waals surface area contributed by atoms with Gasteiger partial charge in [-0.2, -0.15) is 0 Å². The predicted octanol–water partition coefficient (Wildman–Crippen LogP) is 0.709. The second kappa shape index (κ2) is 3.18. The fraction of sp³-hybridized carbons (Fsp3) is 1.00. The van der Waals surface area contributed by atoms with E-state index in [0.29, 0.717) is 5.92 Å². The normalized spacial score (nSPS) is 15.7. The quantitative estimate of drug-likeness (QED) is 0.591. The minimum absolute atomic E-state index is 0.0701. The maximum atomic E-state index is 5.81. The molecule has 0 aliphatic heterocycles. The molecule has 9 heavy (non-hydrogen) atoms. The first-order valence-electron chi connectivity index (χ1n) is 3.47. The lowest BCUT2D eigenvalue weighted by Gasteiger charge is -2.26. The van der Waals surface area contributed by atoms with Gasteiger partial charge in [0.2, 0.25) is 0 Å². The fourth-order valence-corrected chi connectivity index (χ4v) is 0.622. The summed E-state index contributed by atoms with van der Waals surface area (Å²) in [5.41, 5.74) is 11.1. The summed E-state index contributed by atoms with van der Waals surface area (Å²) in [6.07, 6.45) is 1.02. The van der Waals surface area contributed by atoms with Crippen LogP contribution < -0.4 is 11.5 Å². The molecule has 0 spiro atoms. The Morgan fingerprint density at radius 1 is 1.44 bits per heavy atom. The molecule has 1 unspecified atom stereocenters. The van der Waals surface area contributed by atoms with E-state index in [1.165, 1.54) is 0 Å². The molecule has 2 nitrogen and oxygen atoms in total. The van der Waals surface area contributed by atoms with Crippen molar-refractivity contribution in [3.05, 3.63) is 0 Å². The maximum absolute atomic E-state index is 5.81. The van der Waals surface area contributed by atoms with Crippen molar-refractivity contribution >= 4 is 0 Å². The molecule has 4 N–H and O–H groups in total. The summed E-state index contributed by atoms with van der Waals surface area (Å²) >= 11 is 0. The molecule has 2 heteroatoms. The van der Waals surface area contributed by atoms with Crippen molar-refractivity contribution in [3.63, 3.8) is 0 Å². The minimum atomic E-state index is -0.0701. The second-order valence-electron chi connectivity index (χ2n) is 3.30. The van der Waals surface area contributed by atoms with Gasteiger partial charge in [0.1, 0.15) is 0 Å². The van der Waals surface area contributed by atoms with Gasteiger partial charge in [-0.05, 0) is 32.7 Å². The third kappa shape index (κ3) is 3.49. The Kier molecular flexibility index (Phi) is 3.15. The Morgan fingerprint density at radius 3 is 2.00 bits per heavy atom. The van der Waals surface area contributed by atoms with Gasteiger partial charge in [0, 0.05) is 5.54 Å². The van der Waals surface area contributed by atoms with Crippen molar-refractivity contribution < 1.29 is 0 Å². The molecule has 0 aromatic heterocycles. The lowest BCUT2D eigenvalue weighted by molar-refractivity contribution is 0.331. The van der Waals surface area contributed by atoms with Gasteiger partial charge in [0.25, 0.3) is 0 Å². The fourth-order valence-electron chi connectivity index (χ4n) is 0.622. The van der Waals surface area contributed by atoms with Crippen LogP contribution in [0.25, 0.3) is 0 Å². The van der Waals surface area contributed by atoms with E-state index in [1.54, 1.807) is 0 Å². The van der Waals surface area contributed by atoms with Crippen LogP contribution in [-0.4, -0.2) is 12.1 Å². The van der Waals surface area contributed by atoms with E-state index >= 15 is 0 Å². The monoisotopic (exact) mass is 130 g/mol. The second-order valence-corrected chi connectivity index (χ2v) is 3.30. The van der Waals surface area contributed by atoms with Crippen LogP contribution in [-0.2, 0) is 0 Å². The number of nitrogens with two attached hydrogens (primary N) is 2. The summed E-state index contributed by atoms with van der Waals surface area (Å²) in [6.45, 7) is 6.94. The Bertz CT molecular complexity index is 73.5. The zero-order chi connectivity index (χ0) is 7.49. The third-order valence-electron chi connectivity index (χ3n) is 1.87. The summed E-state index contributed by atoms with van der Waals surface area (Å²) in [4.78, 5) is 0. The SMILES string of the molecule is CC(CCN)C(C)(C)N. The number of hydrogen-bond acceptors (Lipinski definition) is 2. The standard InChI is InChI=1S/C7H18N2/c1-6(4-5-8)7(2,3)9/h6H,4-5,8-9H2,1-3H3. The van der Waals surface area contributed by atoms with Gasteiger partial charge in [-0.25, -0.2) is 0 Å². The summed E-state index contributed by atoms with van der Waals surface area (Å²) in [7, 11) is 0. The van der Waals surface area contributed by atoms with Gasteiger partial charge < -0.3 is 11.5 Å². The Morgan fingerprint density at radius 2 is 1.89 bits per heavy atom. The van der Waals surface area contributed by atoms with Crippen molar-refractivity contribution in [1.29, 1.82) is 0 Å². The van der Waals surface area contributed by atoms with Gasteiger partial charge in [-0.15, -0.1) is 0 Å². The molecule has 0 saturated heterocycles. The van der Waals surface area contributed by atoms with Crippen molar-refractivity contribution in [3.8, 4) is 0 Å². The molecule has 0 bridgehead atoms. The van der Waals surface area contributed by atoms with Gasteiger partial charge in [0.15, 0.2) is 0 Å². The molecular weight excluding hydrogens is 112 g/mol. The van der Waals surface area contributed by atoms with E-state index < -0.39 is 0 Å². The molecular formula is C7H18N2. The molecule has 0 saturated carbocycles. The number of hydrogen-bond donors (Lipinski definition) is 2. The van der Waals surface area contributed by atoms with Crippen LogP contribution in [0.4, 0.5) is 0 Å². The zero-order valence-electron chi connectivity index (χ0n) is 6.65. The summed E-state index contributed by atoms with van der Waals surface area (Å²) in [6, 6.07) is 0. The van der Waals surface area contributed by atoms with E-state index in [1.807, 2.05) is 13.8 Å². The largest absolute Gasteiger partial charge is 0.330 e. The first-order valence-corrected chi connectivity index (χ1v) is 3.47. The minimum Gasteiger partial charge on any atom is -0.330 e. The molecule has 0 fully saturated rings. The molecule has 0 aromatic carbocycles. The van der Waals surface area contributed by atoms with Gasteiger partial charge >= 0.3 is 0 Å². The predicted molar refractivity (Wildman–Crippen MR) is 41.1 cm³/mol. The highest BCUT2D eigenvalue weighted by Gasteiger charge is 2.18. The first kappa shape index (κ1) is 8.92. The van der Waals surface area contributed by atoms with E-state index in [9.17, 15) is 0 Å². The number of rotatable bonds is 3. The van der Waals surface area contributed by atoms with Gasteiger partial charge in [-0.3, -0.25) is 0 Å². The van der Waals surface area contributed by atoms with Crippen LogP contribution in [0.5, 0.6) is 0 Å². The van der Waals surface area contributed by atoms with Gasteiger partial charge in [-0.1, -0.05) is 6.92 Å². The molecule has 0 heterocycles. The van der Waals surface area contributed by atoms with E-state index in [-0.39, 0.29) is 5.54 Å². The molecule has 0 radical (unpaired) electrons. The van der Waals surface area contributed by atoms with Crippen LogP contribution in [0.1, 0.15) is 27.2 Å². The Hall–Kier alpha value is -0.0800. The summed E-state index contributed by atoms with van der Waals surface area (Å²) < 4.78 is 0. The maximum Gasteiger partial charge on any atom is 0.0123 e. The average Bonchev–Trinajstić information content (AvgIpc) is 1.64. The lowest BCUT2D eigenvalue weighted by Crippen LogP contribution is -2.40. The van der Waals surface area contributed by atoms with Crippen molar-refractivity contribution in [2.24, 2.45) is 17.4 Å². The summed E-state index contributed by atoms with van der Waals surface area (Å²) in [5, 5.41) is 0. The molecule has 0 aliphatic rings. The van der Waals surface area contributed by atoms with Crippen molar-refractivity contribution in [2.45, 2.75) is 32.7 Å². The molecule has 1 atom stereocenters. The van der Waals surface area contributed by atoms with Crippen molar-refractivity contribution in [2.75, 3.05) is 6.54 Å². The summed E-state index contributed by atoms with van der Waals surface area (Å²) in [5.74, 6) is 0.516. The molecule has 0 aromatic rings. The highest BCUT2D eigenvalue weighted by Crippen LogP contribution is 2.14. The Balaban J connectivity index is 3.59. The molecule has 0 amide bonds. The molecule has 0 aliphatic carbocycles. The molecule has 0 rings (SSSR count). The van der Waals surface area contributed by atoms with E-state index in [2.05, 4.69) is 6.92 Å². The van der Waals surface area contributed by atoms with Crippen LogP contribution >= 0.6 is 0 Å². The van der Waals surface area contributed by atoms with E-state index in [0.717, 1.165) is 13.0 Å². The van der Waals surface area contributed by atoms with Crippen molar-refractivity contribution in [1.82, 2.24) is 0 Å².